The van der Waals surface area contributed by atoms with Crippen LogP contribution in [-0.4, -0.2) is 27.8 Å². The average Bonchev–Trinajstić information content (AvgIpc) is 3.04. The van der Waals surface area contributed by atoms with Crippen molar-refractivity contribution in [1.82, 2.24) is 25.4 Å². The Morgan fingerprint density at radius 3 is 2.54 bits per heavy atom. The summed E-state index contributed by atoms with van der Waals surface area (Å²) >= 11 is 1.51. The van der Waals surface area contributed by atoms with E-state index in [9.17, 15) is 13.2 Å². The van der Waals surface area contributed by atoms with E-state index in [1.165, 1.54) is 24.6 Å². The normalized spacial score (nSPS) is 12.0. The largest absolute Gasteiger partial charge is 0.435 e. The van der Waals surface area contributed by atoms with Gasteiger partial charge in [-0.2, -0.15) is 18.3 Å². The lowest BCUT2D eigenvalue weighted by Crippen LogP contribution is -2.36. The summed E-state index contributed by atoms with van der Waals surface area (Å²) in [5.74, 6) is 0.398. The van der Waals surface area contributed by atoms with Crippen molar-refractivity contribution in [2.24, 2.45) is 12.0 Å². The number of hydrogen-bond acceptors (Lipinski definition) is 4. The summed E-state index contributed by atoms with van der Waals surface area (Å²) in [6.07, 6.45) is -3.14. The first kappa shape index (κ1) is 20.7. The van der Waals surface area contributed by atoms with E-state index in [-0.39, 0.29) is 36.1 Å². The monoisotopic (exact) mass is 474 g/mol. The molecule has 2 rings (SSSR count). The minimum atomic E-state index is -4.48. The van der Waals surface area contributed by atoms with Crippen LogP contribution in [0.5, 0.6) is 0 Å². The lowest BCUT2D eigenvalue weighted by molar-refractivity contribution is -0.142. The molecular weight excluding hydrogens is 456 g/mol. The van der Waals surface area contributed by atoms with Crippen LogP contribution < -0.4 is 10.6 Å². The molecule has 0 aliphatic rings. The van der Waals surface area contributed by atoms with Crippen molar-refractivity contribution in [1.29, 1.82) is 0 Å². The molecule has 0 aromatic carbocycles. The van der Waals surface area contributed by atoms with Crippen LogP contribution in [0, 0.1) is 6.92 Å². The molecule has 24 heavy (non-hydrogen) atoms. The van der Waals surface area contributed by atoms with Crippen LogP contribution in [0.25, 0.3) is 0 Å². The highest BCUT2D eigenvalue weighted by molar-refractivity contribution is 14.0. The van der Waals surface area contributed by atoms with E-state index in [4.69, 9.17) is 0 Å². The number of rotatable bonds is 4. The minimum Gasteiger partial charge on any atom is -0.352 e. The van der Waals surface area contributed by atoms with Crippen molar-refractivity contribution >= 4 is 41.3 Å². The Labute approximate surface area is 158 Å². The quantitative estimate of drug-likeness (QED) is 0.407. The first-order valence-electron chi connectivity index (χ1n) is 6.75. The van der Waals surface area contributed by atoms with Crippen LogP contribution in [0.1, 0.15) is 22.0 Å². The first-order chi connectivity index (χ1) is 10.8. The number of nitrogens with zero attached hydrogens (tertiary/aromatic N) is 4. The van der Waals surface area contributed by atoms with Gasteiger partial charge in [-0.05, 0) is 6.92 Å². The Morgan fingerprint density at radius 2 is 2.00 bits per heavy atom. The number of aliphatic imine (C=N–C) groups is 1. The van der Waals surface area contributed by atoms with E-state index in [0.29, 0.717) is 12.5 Å². The van der Waals surface area contributed by atoms with Crippen molar-refractivity contribution in [2.45, 2.75) is 26.2 Å². The molecule has 0 saturated heterocycles. The molecule has 2 aromatic rings. The molecule has 0 saturated carbocycles. The van der Waals surface area contributed by atoms with Gasteiger partial charge in [0, 0.05) is 43.5 Å². The highest BCUT2D eigenvalue weighted by atomic mass is 127. The molecule has 0 amide bonds. The van der Waals surface area contributed by atoms with Gasteiger partial charge in [-0.25, -0.2) is 4.98 Å². The summed E-state index contributed by atoms with van der Waals surface area (Å²) in [6, 6.07) is 0. The van der Waals surface area contributed by atoms with Crippen molar-refractivity contribution in [2.75, 3.05) is 7.05 Å². The third-order valence-electron chi connectivity index (χ3n) is 2.92. The maximum Gasteiger partial charge on any atom is 0.435 e. The third kappa shape index (κ3) is 5.61. The second-order valence-electron chi connectivity index (χ2n) is 4.84. The maximum atomic E-state index is 12.9. The van der Waals surface area contributed by atoms with E-state index in [1.54, 1.807) is 7.05 Å². The summed E-state index contributed by atoms with van der Waals surface area (Å²) in [5, 5.41) is 12.1. The summed E-state index contributed by atoms with van der Waals surface area (Å²) < 4.78 is 39.8. The Bertz CT molecular complexity index is 694. The summed E-state index contributed by atoms with van der Waals surface area (Å²) in [5.41, 5.74) is 0.103. The number of aromatic nitrogens is 3. The fourth-order valence-electron chi connectivity index (χ4n) is 1.95. The van der Waals surface area contributed by atoms with Crippen molar-refractivity contribution in [3.63, 3.8) is 0 Å². The minimum absolute atomic E-state index is 0. The molecule has 6 nitrogen and oxygen atoms in total. The van der Waals surface area contributed by atoms with Crippen molar-refractivity contribution < 1.29 is 13.2 Å². The van der Waals surface area contributed by atoms with Crippen LogP contribution in [0.2, 0.25) is 0 Å². The van der Waals surface area contributed by atoms with Crippen LogP contribution in [0.4, 0.5) is 13.2 Å². The van der Waals surface area contributed by atoms with Crippen LogP contribution in [-0.2, 0) is 26.3 Å². The Morgan fingerprint density at radius 1 is 1.33 bits per heavy atom. The Kier molecular flexibility index (Phi) is 7.45. The number of aryl methyl sites for hydroxylation is 2. The topological polar surface area (TPSA) is 67.1 Å². The molecule has 0 spiro atoms. The molecule has 2 N–H and O–H groups in total. The highest BCUT2D eigenvalue weighted by Crippen LogP contribution is 2.30. The summed E-state index contributed by atoms with van der Waals surface area (Å²) in [6.45, 7) is 2.32. The van der Waals surface area contributed by atoms with Gasteiger partial charge in [-0.1, -0.05) is 0 Å². The molecule has 134 valence electrons. The molecule has 11 heteroatoms. The van der Waals surface area contributed by atoms with Gasteiger partial charge in [0.15, 0.2) is 11.7 Å². The third-order valence-corrected chi connectivity index (χ3v) is 3.88. The number of alkyl halides is 3. The zero-order valence-electron chi connectivity index (χ0n) is 13.3. The molecule has 0 aliphatic heterocycles. The number of halogens is 4. The smallest absolute Gasteiger partial charge is 0.352 e. The fraction of sp³-hybridized carbons (Fsp3) is 0.462. The van der Waals surface area contributed by atoms with Crippen molar-refractivity contribution in [3.8, 4) is 0 Å². The molecule has 0 fully saturated rings. The standard InChI is InChI=1S/C13H17F3N6S.HI/c1-8-7-23-10(20-8)5-19-12(17-2)18-4-9-6-22(3)21-11(9)13(14,15)16;/h6-7H,4-5H2,1-3H3,(H2,17,18,19);1H. The van der Waals surface area contributed by atoms with Crippen LogP contribution >= 0.6 is 35.3 Å². The number of hydrogen-bond donors (Lipinski definition) is 2. The van der Waals surface area contributed by atoms with E-state index in [2.05, 4.69) is 25.7 Å². The van der Waals surface area contributed by atoms with Crippen molar-refractivity contribution in [3.05, 3.63) is 33.5 Å². The zero-order valence-corrected chi connectivity index (χ0v) is 16.5. The highest BCUT2D eigenvalue weighted by Gasteiger charge is 2.36. The van der Waals surface area contributed by atoms with Gasteiger partial charge in [-0.3, -0.25) is 9.67 Å². The van der Waals surface area contributed by atoms with Gasteiger partial charge in [0.25, 0.3) is 0 Å². The van der Waals surface area contributed by atoms with Gasteiger partial charge in [-0.15, -0.1) is 35.3 Å². The second kappa shape index (κ2) is 8.65. The Balaban J connectivity index is 0.00000288. The molecule has 0 radical (unpaired) electrons. The molecule has 0 atom stereocenters. The first-order valence-corrected chi connectivity index (χ1v) is 7.63. The van der Waals surface area contributed by atoms with Crippen LogP contribution in [0.15, 0.2) is 16.6 Å². The van der Waals surface area contributed by atoms with Crippen LogP contribution in [0.3, 0.4) is 0 Å². The van der Waals surface area contributed by atoms with Gasteiger partial charge >= 0.3 is 6.18 Å². The number of nitrogens with one attached hydrogen (secondary N) is 2. The SMILES string of the molecule is CN=C(NCc1nc(C)cs1)NCc1cn(C)nc1C(F)(F)F.I. The predicted octanol–water partition coefficient (Wildman–Crippen LogP) is 2.69. The predicted molar refractivity (Wildman–Crippen MR) is 97.5 cm³/mol. The average molecular weight is 474 g/mol. The van der Waals surface area contributed by atoms with E-state index < -0.39 is 11.9 Å². The lowest BCUT2D eigenvalue weighted by atomic mass is 10.2. The second-order valence-corrected chi connectivity index (χ2v) is 5.78. The van der Waals surface area contributed by atoms with E-state index in [1.807, 2.05) is 12.3 Å². The summed E-state index contributed by atoms with van der Waals surface area (Å²) in [4.78, 5) is 8.28. The zero-order chi connectivity index (χ0) is 17.0. The van der Waals surface area contributed by atoms with Gasteiger partial charge < -0.3 is 10.6 Å². The fourth-order valence-corrected chi connectivity index (χ4v) is 2.66. The number of guanidine groups is 1. The summed E-state index contributed by atoms with van der Waals surface area (Å²) in [7, 11) is 3.01. The van der Waals surface area contributed by atoms with E-state index in [0.717, 1.165) is 15.4 Å². The Hall–Kier alpha value is -1.37. The molecule has 0 bridgehead atoms. The van der Waals surface area contributed by atoms with Gasteiger partial charge in [0.1, 0.15) is 5.01 Å². The molecule has 0 unspecified atom stereocenters. The molecule has 2 aromatic heterocycles. The maximum absolute atomic E-state index is 12.9. The van der Waals surface area contributed by atoms with Gasteiger partial charge in [0.2, 0.25) is 0 Å². The molecule has 0 aliphatic carbocycles. The number of thiazole rings is 1. The molecular formula is C13H18F3IN6S. The van der Waals surface area contributed by atoms with Gasteiger partial charge in [0.05, 0.1) is 6.54 Å². The molecule has 2 heterocycles. The lowest BCUT2D eigenvalue weighted by Gasteiger charge is -2.11. The van der Waals surface area contributed by atoms with E-state index >= 15 is 0 Å².